The molecule has 0 spiro atoms. The fourth-order valence-electron chi connectivity index (χ4n) is 3.08. The highest BCUT2D eigenvalue weighted by molar-refractivity contribution is 5.96. The molecule has 2 N–H and O–H groups in total. The molecule has 1 saturated heterocycles. The maximum absolute atomic E-state index is 8.00. The molecule has 2 fully saturated rings. The second kappa shape index (κ2) is 8.29. The lowest BCUT2D eigenvalue weighted by atomic mass is 9.90. The quantitative estimate of drug-likeness (QED) is 0.603. The van der Waals surface area contributed by atoms with E-state index in [1.54, 1.807) is 6.21 Å². The van der Waals surface area contributed by atoms with Crippen LogP contribution in [0.3, 0.4) is 0 Å². The van der Waals surface area contributed by atoms with Gasteiger partial charge in [-0.3, -0.25) is 15.3 Å². The summed E-state index contributed by atoms with van der Waals surface area (Å²) in [7, 11) is 0. The third-order valence-electron chi connectivity index (χ3n) is 4.33. The van der Waals surface area contributed by atoms with Gasteiger partial charge in [0.05, 0.1) is 18.9 Å². The van der Waals surface area contributed by atoms with Crippen molar-refractivity contribution >= 4 is 12.1 Å². The van der Waals surface area contributed by atoms with Crippen LogP contribution in [0.1, 0.15) is 39.0 Å². The number of aliphatic imine (C=N–C) groups is 1. The van der Waals surface area contributed by atoms with Gasteiger partial charge in [0.15, 0.2) is 0 Å². The van der Waals surface area contributed by atoms with E-state index in [4.69, 9.17) is 10.1 Å². The zero-order valence-electron chi connectivity index (χ0n) is 13.1. The van der Waals surface area contributed by atoms with Gasteiger partial charge in [-0.05, 0) is 32.1 Å². The molecule has 2 rings (SSSR count). The van der Waals surface area contributed by atoms with E-state index in [-0.39, 0.29) is 0 Å². The van der Waals surface area contributed by atoms with Gasteiger partial charge < -0.3 is 10.1 Å². The van der Waals surface area contributed by atoms with Gasteiger partial charge in [0.2, 0.25) is 0 Å². The van der Waals surface area contributed by atoms with E-state index in [1.807, 2.05) is 6.92 Å². The zero-order valence-corrected chi connectivity index (χ0v) is 13.1. The van der Waals surface area contributed by atoms with Gasteiger partial charge in [0, 0.05) is 31.4 Å². The maximum atomic E-state index is 8.00. The highest BCUT2D eigenvalue weighted by atomic mass is 16.5. The molecule has 0 unspecified atom stereocenters. The number of nitrogens with zero attached hydrogens (tertiary/aromatic N) is 2. The first-order chi connectivity index (χ1) is 10.2. The molecule has 0 aromatic rings. The fourth-order valence-corrected chi connectivity index (χ4v) is 3.08. The lowest BCUT2D eigenvalue weighted by Crippen LogP contribution is -2.47. The van der Waals surface area contributed by atoms with Crippen molar-refractivity contribution in [3.63, 3.8) is 0 Å². The molecule has 21 heavy (non-hydrogen) atoms. The van der Waals surface area contributed by atoms with Crippen molar-refractivity contribution in [2.24, 2.45) is 4.99 Å². The lowest BCUT2D eigenvalue weighted by molar-refractivity contribution is 0.00703. The van der Waals surface area contributed by atoms with Gasteiger partial charge >= 0.3 is 0 Å². The van der Waals surface area contributed by atoms with Crippen LogP contribution in [-0.2, 0) is 4.74 Å². The van der Waals surface area contributed by atoms with Gasteiger partial charge in [-0.1, -0.05) is 13.5 Å². The minimum atomic E-state index is 0.370. The number of morpholine rings is 1. The molecule has 5 heteroatoms. The van der Waals surface area contributed by atoms with Crippen LogP contribution in [0.5, 0.6) is 0 Å². The van der Waals surface area contributed by atoms with E-state index >= 15 is 0 Å². The predicted molar refractivity (Wildman–Crippen MR) is 87.2 cm³/mol. The van der Waals surface area contributed by atoms with Gasteiger partial charge in [0.1, 0.15) is 5.84 Å². The summed E-state index contributed by atoms with van der Waals surface area (Å²) < 4.78 is 5.42. The normalized spacial score (nSPS) is 27.7. The largest absolute Gasteiger partial charge is 0.379 e. The van der Waals surface area contributed by atoms with Crippen molar-refractivity contribution in [3.05, 3.63) is 12.3 Å². The molecule has 0 amide bonds. The van der Waals surface area contributed by atoms with Crippen molar-refractivity contribution < 1.29 is 4.74 Å². The van der Waals surface area contributed by atoms with E-state index in [0.29, 0.717) is 23.6 Å². The Morgan fingerprint density at radius 3 is 2.62 bits per heavy atom. The van der Waals surface area contributed by atoms with Gasteiger partial charge in [-0.15, -0.1) is 0 Å². The van der Waals surface area contributed by atoms with E-state index in [1.165, 1.54) is 12.8 Å². The number of hydrogen-bond acceptors (Lipinski definition) is 4. The Labute approximate surface area is 128 Å². The second-order valence-electron chi connectivity index (χ2n) is 5.84. The number of ether oxygens (including phenoxy) is 1. The van der Waals surface area contributed by atoms with Crippen LogP contribution in [0, 0.1) is 5.41 Å². The summed E-state index contributed by atoms with van der Waals surface area (Å²) in [5.41, 5.74) is 0.534. The van der Waals surface area contributed by atoms with Gasteiger partial charge in [0.25, 0.3) is 0 Å². The average Bonchev–Trinajstić information content (AvgIpc) is 2.54. The topological polar surface area (TPSA) is 60.7 Å². The first-order valence-electron chi connectivity index (χ1n) is 8.09. The summed E-state index contributed by atoms with van der Waals surface area (Å²) in [5.74, 6) is 0.370. The number of rotatable bonds is 5. The Balaban J connectivity index is 1.72. The molecular weight excluding hydrogens is 264 g/mol. The first kappa shape index (κ1) is 16.2. The van der Waals surface area contributed by atoms with Gasteiger partial charge in [-0.25, -0.2) is 0 Å². The van der Waals surface area contributed by atoms with E-state index < -0.39 is 0 Å². The Bertz CT molecular complexity index is 380. The Kier molecular flexibility index (Phi) is 6.39. The Hall–Kier alpha value is -1.20. The lowest BCUT2D eigenvalue weighted by Gasteiger charge is -2.39. The van der Waals surface area contributed by atoms with Crippen molar-refractivity contribution in [2.45, 2.75) is 51.1 Å². The summed E-state index contributed by atoms with van der Waals surface area (Å²) in [4.78, 5) is 6.73. The minimum Gasteiger partial charge on any atom is -0.379 e. The molecule has 1 heterocycles. The summed E-state index contributed by atoms with van der Waals surface area (Å²) >= 11 is 0. The molecule has 0 bridgehead atoms. The van der Waals surface area contributed by atoms with Crippen LogP contribution in [0.15, 0.2) is 17.3 Å². The molecule has 0 radical (unpaired) electrons. The summed E-state index contributed by atoms with van der Waals surface area (Å²) in [6.07, 6.45) is 7.32. The molecule has 1 aliphatic carbocycles. The van der Waals surface area contributed by atoms with Crippen LogP contribution in [0.2, 0.25) is 0 Å². The van der Waals surface area contributed by atoms with E-state index in [9.17, 15) is 0 Å². The molecule has 0 aromatic heterocycles. The molecule has 1 aliphatic heterocycles. The van der Waals surface area contributed by atoms with Crippen LogP contribution in [0.25, 0.3) is 0 Å². The Morgan fingerprint density at radius 1 is 1.33 bits per heavy atom. The van der Waals surface area contributed by atoms with Crippen LogP contribution < -0.4 is 5.32 Å². The SMILES string of the molecule is C=C(/N=C/CC)C(=N)N[C@H]1CC[C@H](N2CCOCC2)CC1. The van der Waals surface area contributed by atoms with Crippen LogP contribution >= 0.6 is 0 Å². The smallest absolute Gasteiger partial charge is 0.144 e. The minimum absolute atomic E-state index is 0.370. The van der Waals surface area contributed by atoms with Crippen LogP contribution in [-0.4, -0.2) is 55.3 Å². The molecular formula is C16H28N4O. The summed E-state index contributed by atoms with van der Waals surface area (Å²) in [5, 5.41) is 11.3. The van der Waals surface area contributed by atoms with Crippen molar-refractivity contribution in [1.82, 2.24) is 10.2 Å². The zero-order chi connectivity index (χ0) is 15.1. The molecule has 2 aliphatic rings. The molecule has 5 nitrogen and oxygen atoms in total. The highest BCUT2D eigenvalue weighted by Crippen LogP contribution is 2.24. The highest BCUT2D eigenvalue weighted by Gasteiger charge is 2.27. The molecule has 118 valence electrons. The predicted octanol–water partition coefficient (Wildman–Crippen LogP) is 2.19. The number of hydrogen-bond donors (Lipinski definition) is 2. The second-order valence-corrected chi connectivity index (χ2v) is 5.84. The van der Waals surface area contributed by atoms with Crippen LogP contribution in [0.4, 0.5) is 0 Å². The standard InChI is InChI=1S/C16H28N4O/c1-3-8-18-13(2)16(17)19-14-4-6-15(7-5-14)20-9-11-21-12-10-20/h8,14-15H,2-7,9-12H2,1H3,(H2,17,19)/b18-8+/t14-,15-. The van der Waals surface area contributed by atoms with E-state index in [2.05, 4.69) is 21.8 Å². The van der Waals surface area contributed by atoms with Gasteiger partial charge in [-0.2, -0.15) is 0 Å². The van der Waals surface area contributed by atoms with Crippen molar-refractivity contribution in [1.29, 1.82) is 5.41 Å². The first-order valence-corrected chi connectivity index (χ1v) is 8.09. The third-order valence-corrected chi connectivity index (χ3v) is 4.33. The maximum Gasteiger partial charge on any atom is 0.144 e. The fraction of sp³-hybridized carbons (Fsp3) is 0.750. The number of amidine groups is 1. The third kappa shape index (κ3) is 4.93. The van der Waals surface area contributed by atoms with Crippen molar-refractivity contribution in [3.8, 4) is 0 Å². The summed E-state index contributed by atoms with van der Waals surface area (Å²) in [6.45, 7) is 9.75. The molecule has 0 aromatic carbocycles. The van der Waals surface area contributed by atoms with E-state index in [0.717, 1.165) is 45.6 Å². The molecule has 0 atom stereocenters. The number of nitrogens with one attached hydrogen (secondary N) is 2. The average molecular weight is 292 g/mol. The van der Waals surface area contributed by atoms with Crippen molar-refractivity contribution in [2.75, 3.05) is 26.3 Å². The molecule has 1 saturated carbocycles. The summed E-state index contributed by atoms with van der Waals surface area (Å²) in [6, 6.07) is 1.09. The monoisotopic (exact) mass is 292 g/mol. The Morgan fingerprint density at radius 2 is 2.00 bits per heavy atom.